The van der Waals surface area contributed by atoms with Gasteiger partial charge in [-0.15, -0.1) is 0 Å². The molecule has 1 nitrogen and oxygen atoms in total. The van der Waals surface area contributed by atoms with Crippen molar-refractivity contribution in [2.75, 3.05) is 0 Å². The Bertz CT molecular complexity index is 997. The van der Waals surface area contributed by atoms with Gasteiger partial charge in [-0.25, -0.2) is 0 Å². The maximum atomic E-state index is 3.72. The molecule has 0 amide bonds. The highest BCUT2D eigenvalue weighted by Crippen LogP contribution is 2.38. The molecule has 4 rings (SSSR count). The van der Waals surface area contributed by atoms with Crippen LogP contribution in [-0.2, 0) is 0 Å². The molecular formula is C19H13Br2N. The number of hydrogen-bond donors (Lipinski definition) is 0. The molecule has 108 valence electrons. The van der Waals surface area contributed by atoms with Gasteiger partial charge in [0.1, 0.15) is 0 Å². The summed E-state index contributed by atoms with van der Waals surface area (Å²) in [6.07, 6.45) is 0. The fourth-order valence-corrected chi connectivity index (χ4v) is 4.40. The first-order valence-corrected chi connectivity index (χ1v) is 8.69. The number of aryl methyl sites for hydroxylation is 1. The third-order valence-corrected chi connectivity index (χ3v) is 5.06. The zero-order valence-corrected chi connectivity index (χ0v) is 15.1. The predicted octanol–water partition coefficient (Wildman–Crippen LogP) is 6.62. The lowest BCUT2D eigenvalue weighted by molar-refractivity contribution is 1.17. The standard InChI is InChI=1S/C19H13Br2N/c1-12-6-8-14(9-7-12)22-17-5-3-2-4-15(17)19-16(21)10-13(20)11-18(19)22/h2-11H,1H3. The molecule has 0 saturated heterocycles. The Hall–Kier alpha value is -1.58. The van der Waals surface area contributed by atoms with Crippen LogP contribution in [0.25, 0.3) is 27.5 Å². The van der Waals surface area contributed by atoms with Crippen LogP contribution in [0.15, 0.2) is 69.6 Å². The van der Waals surface area contributed by atoms with Gasteiger partial charge in [0.25, 0.3) is 0 Å². The number of benzene rings is 3. The largest absolute Gasteiger partial charge is 0.309 e. The van der Waals surface area contributed by atoms with Gasteiger partial charge in [0, 0.05) is 25.4 Å². The van der Waals surface area contributed by atoms with Crippen molar-refractivity contribution in [1.82, 2.24) is 4.57 Å². The molecule has 1 heterocycles. The summed E-state index contributed by atoms with van der Waals surface area (Å²) < 4.78 is 4.50. The topological polar surface area (TPSA) is 4.93 Å². The summed E-state index contributed by atoms with van der Waals surface area (Å²) in [5, 5.41) is 2.51. The fraction of sp³-hybridized carbons (Fsp3) is 0.0526. The summed E-state index contributed by atoms with van der Waals surface area (Å²) in [6.45, 7) is 2.11. The maximum absolute atomic E-state index is 3.72. The van der Waals surface area contributed by atoms with Gasteiger partial charge in [-0.3, -0.25) is 0 Å². The number of rotatable bonds is 1. The molecule has 1 aromatic heterocycles. The summed E-state index contributed by atoms with van der Waals surface area (Å²) in [5.41, 5.74) is 4.88. The Morgan fingerprint density at radius 1 is 0.818 bits per heavy atom. The van der Waals surface area contributed by atoms with Crippen LogP contribution >= 0.6 is 31.9 Å². The van der Waals surface area contributed by atoms with Gasteiger partial charge in [-0.05, 0) is 37.3 Å². The number of fused-ring (bicyclic) bond motifs is 3. The van der Waals surface area contributed by atoms with E-state index in [2.05, 4.69) is 104 Å². The van der Waals surface area contributed by atoms with Gasteiger partial charge >= 0.3 is 0 Å². The molecule has 4 aromatic rings. The third-order valence-electron chi connectivity index (χ3n) is 3.98. The van der Waals surface area contributed by atoms with Crippen molar-refractivity contribution in [2.45, 2.75) is 6.92 Å². The molecule has 0 fully saturated rings. The first-order valence-electron chi connectivity index (χ1n) is 7.10. The summed E-state index contributed by atoms with van der Waals surface area (Å²) in [6, 6.07) is 21.5. The molecule has 0 saturated carbocycles. The minimum Gasteiger partial charge on any atom is -0.309 e. The highest BCUT2D eigenvalue weighted by Gasteiger charge is 2.14. The summed E-state index contributed by atoms with van der Waals surface area (Å²) >= 11 is 7.34. The van der Waals surface area contributed by atoms with E-state index in [0.717, 1.165) is 8.95 Å². The first kappa shape index (κ1) is 14.0. The molecule has 0 radical (unpaired) electrons. The van der Waals surface area contributed by atoms with Crippen LogP contribution in [0.5, 0.6) is 0 Å². The Labute approximate surface area is 145 Å². The number of hydrogen-bond acceptors (Lipinski definition) is 0. The van der Waals surface area contributed by atoms with Gasteiger partial charge in [0.15, 0.2) is 0 Å². The van der Waals surface area contributed by atoms with E-state index < -0.39 is 0 Å². The van der Waals surface area contributed by atoms with Crippen LogP contribution in [0.2, 0.25) is 0 Å². The zero-order valence-electron chi connectivity index (χ0n) is 12.0. The second-order valence-electron chi connectivity index (χ2n) is 5.47. The van der Waals surface area contributed by atoms with Crippen molar-refractivity contribution in [3.63, 3.8) is 0 Å². The second kappa shape index (κ2) is 5.25. The van der Waals surface area contributed by atoms with Crippen molar-refractivity contribution in [1.29, 1.82) is 0 Å². The number of nitrogens with zero attached hydrogens (tertiary/aromatic N) is 1. The van der Waals surface area contributed by atoms with E-state index in [9.17, 15) is 0 Å². The lowest BCUT2D eigenvalue weighted by Gasteiger charge is -2.08. The summed E-state index contributed by atoms with van der Waals surface area (Å²) in [5.74, 6) is 0. The van der Waals surface area contributed by atoms with E-state index in [0.29, 0.717) is 0 Å². The summed E-state index contributed by atoms with van der Waals surface area (Å²) in [4.78, 5) is 0. The molecule has 0 unspecified atom stereocenters. The Morgan fingerprint density at radius 3 is 2.32 bits per heavy atom. The van der Waals surface area contributed by atoms with Gasteiger partial charge in [0.05, 0.1) is 11.0 Å². The lowest BCUT2D eigenvalue weighted by atomic mass is 10.2. The Balaban J connectivity index is 2.21. The van der Waals surface area contributed by atoms with Crippen molar-refractivity contribution in [3.05, 3.63) is 75.2 Å². The van der Waals surface area contributed by atoms with E-state index in [1.165, 1.54) is 33.1 Å². The molecule has 0 bridgehead atoms. The molecular weight excluding hydrogens is 402 g/mol. The lowest BCUT2D eigenvalue weighted by Crippen LogP contribution is -1.93. The minimum atomic E-state index is 1.07. The maximum Gasteiger partial charge on any atom is 0.0563 e. The fourth-order valence-electron chi connectivity index (χ4n) is 2.98. The quantitative estimate of drug-likeness (QED) is 0.330. The van der Waals surface area contributed by atoms with Crippen molar-refractivity contribution < 1.29 is 0 Å². The van der Waals surface area contributed by atoms with Gasteiger partial charge in [-0.2, -0.15) is 0 Å². The number of halogens is 2. The first-order chi connectivity index (χ1) is 10.6. The second-order valence-corrected chi connectivity index (χ2v) is 7.24. The molecule has 22 heavy (non-hydrogen) atoms. The van der Waals surface area contributed by atoms with E-state index in [-0.39, 0.29) is 0 Å². The molecule has 3 aromatic carbocycles. The van der Waals surface area contributed by atoms with E-state index in [1.54, 1.807) is 0 Å². The number of para-hydroxylation sites is 1. The molecule has 0 aliphatic heterocycles. The molecule has 0 N–H and O–H groups in total. The van der Waals surface area contributed by atoms with Crippen molar-refractivity contribution in [2.24, 2.45) is 0 Å². The Kier molecular flexibility index (Phi) is 3.35. The monoisotopic (exact) mass is 413 g/mol. The number of aromatic nitrogens is 1. The van der Waals surface area contributed by atoms with Gasteiger partial charge in [0.2, 0.25) is 0 Å². The smallest absolute Gasteiger partial charge is 0.0563 e. The van der Waals surface area contributed by atoms with E-state index >= 15 is 0 Å². The predicted molar refractivity (Wildman–Crippen MR) is 101 cm³/mol. The third kappa shape index (κ3) is 2.11. The van der Waals surface area contributed by atoms with Crippen LogP contribution < -0.4 is 0 Å². The molecule has 3 heteroatoms. The zero-order chi connectivity index (χ0) is 15.3. The molecule has 0 aliphatic rings. The average Bonchev–Trinajstić information content (AvgIpc) is 2.82. The van der Waals surface area contributed by atoms with Crippen LogP contribution in [0, 0.1) is 6.92 Å². The minimum absolute atomic E-state index is 1.07. The Morgan fingerprint density at radius 2 is 1.55 bits per heavy atom. The van der Waals surface area contributed by atoms with Crippen LogP contribution in [0.3, 0.4) is 0 Å². The normalized spacial score (nSPS) is 11.4. The highest BCUT2D eigenvalue weighted by atomic mass is 79.9. The van der Waals surface area contributed by atoms with E-state index in [1.807, 2.05) is 0 Å². The van der Waals surface area contributed by atoms with Gasteiger partial charge < -0.3 is 4.57 Å². The molecule has 0 aliphatic carbocycles. The highest BCUT2D eigenvalue weighted by molar-refractivity contribution is 9.11. The van der Waals surface area contributed by atoms with Gasteiger partial charge in [-0.1, -0.05) is 67.8 Å². The van der Waals surface area contributed by atoms with Crippen LogP contribution in [0.4, 0.5) is 0 Å². The average molecular weight is 415 g/mol. The van der Waals surface area contributed by atoms with Crippen LogP contribution in [0.1, 0.15) is 5.56 Å². The van der Waals surface area contributed by atoms with Crippen molar-refractivity contribution in [3.8, 4) is 5.69 Å². The van der Waals surface area contributed by atoms with Crippen molar-refractivity contribution >= 4 is 53.7 Å². The molecule has 0 spiro atoms. The molecule has 0 atom stereocenters. The SMILES string of the molecule is Cc1ccc(-n2c3ccccc3c3c(Br)cc(Br)cc32)cc1. The van der Waals surface area contributed by atoms with E-state index in [4.69, 9.17) is 0 Å². The summed E-state index contributed by atoms with van der Waals surface area (Å²) in [7, 11) is 0. The van der Waals surface area contributed by atoms with Crippen LogP contribution in [-0.4, -0.2) is 4.57 Å².